The monoisotopic (exact) mass is 883 g/mol. The Kier molecular flexibility index (Phi) is 12.3. The molecule has 2 fully saturated rings. The Morgan fingerprint density at radius 3 is 2.48 bits per heavy atom. The number of hydrogen-bond donors (Lipinski definition) is 3. The van der Waals surface area contributed by atoms with Gasteiger partial charge in [-0.05, 0) is 89.5 Å². The number of aromatic amines is 1. The molecule has 0 aliphatic carbocycles. The van der Waals surface area contributed by atoms with Crippen molar-refractivity contribution in [3.05, 3.63) is 102 Å². The van der Waals surface area contributed by atoms with E-state index in [2.05, 4.69) is 52.0 Å². The van der Waals surface area contributed by atoms with Crippen LogP contribution < -0.4 is 15.4 Å². The molecular weight excluding hydrogens is 831 g/mol. The summed E-state index contributed by atoms with van der Waals surface area (Å²) in [5, 5.41) is 7.48. The number of imidazole rings is 1. The fourth-order valence-electron chi connectivity index (χ4n) is 9.73. The number of methoxy groups -OCH3 is 3. The van der Waals surface area contributed by atoms with Crippen molar-refractivity contribution in [1.29, 1.82) is 0 Å². The zero-order valence-electron chi connectivity index (χ0n) is 37.1. The molecule has 4 amide bonds. The number of H-pyrrole nitrogens is 1. The predicted molar refractivity (Wildman–Crippen MR) is 242 cm³/mol. The van der Waals surface area contributed by atoms with E-state index in [1.165, 1.54) is 21.3 Å². The van der Waals surface area contributed by atoms with Crippen LogP contribution in [0, 0.1) is 0 Å². The van der Waals surface area contributed by atoms with Crippen molar-refractivity contribution in [2.24, 2.45) is 4.99 Å². The van der Waals surface area contributed by atoms with Crippen molar-refractivity contribution in [2.75, 3.05) is 41.0 Å². The molecule has 338 valence electrons. The standard InChI is InChI=1S/C49H53N7O9/c1-6-64-32-21-41(56(25-32)46(57)43(27(2)61-3)53-48(59)62-4)38-22-35-34-23-42-36(20-29(34)15-17-37(35)51-38)33-16-14-30(19-31(33)26-65-42)39-24-50-45(52-39)40-13-10-18-55(40)47(58)44(54-49(60)63-5)28-11-8-7-9-12-28/h7-9,11-12,14-17,19-20,23-24,27,32,40-41,43-44H,6,10,13,18,21-22,25-26H2,1-5H3,(H,50,52)(H,53,59)(H,54,60)/t27-,32+,40+,41+,43+,44-/m1/s1. The van der Waals surface area contributed by atoms with E-state index in [0.717, 1.165) is 74.3 Å². The van der Waals surface area contributed by atoms with E-state index in [-0.39, 0.29) is 30.0 Å². The van der Waals surface area contributed by atoms with Crippen LogP contribution in [0.1, 0.15) is 67.7 Å². The van der Waals surface area contributed by atoms with Gasteiger partial charge in [-0.15, -0.1) is 0 Å². The number of aromatic nitrogens is 2. The van der Waals surface area contributed by atoms with E-state index in [9.17, 15) is 19.2 Å². The number of rotatable bonds is 12. The van der Waals surface area contributed by atoms with E-state index in [1.54, 1.807) is 22.9 Å². The second-order valence-corrected chi connectivity index (χ2v) is 16.8. The Hall–Kier alpha value is -6.78. The molecule has 0 radical (unpaired) electrons. The highest BCUT2D eigenvalue weighted by atomic mass is 16.5. The summed E-state index contributed by atoms with van der Waals surface area (Å²) in [7, 11) is 4.04. The van der Waals surface area contributed by atoms with Gasteiger partial charge >= 0.3 is 12.2 Å². The van der Waals surface area contributed by atoms with Crippen LogP contribution in [0.25, 0.3) is 33.2 Å². The van der Waals surface area contributed by atoms with Gasteiger partial charge in [-0.1, -0.05) is 48.5 Å². The number of hydrogen-bond acceptors (Lipinski definition) is 11. The van der Waals surface area contributed by atoms with Crippen molar-refractivity contribution in [2.45, 2.75) is 82.5 Å². The quantitative estimate of drug-likeness (QED) is 0.119. The second-order valence-electron chi connectivity index (χ2n) is 16.8. The zero-order chi connectivity index (χ0) is 45.4. The van der Waals surface area contributed by atoms with Crippen LogP contribution >= 0.6 is 0 Å². The lowest BCUT2D eigenvalue weighted by Crippen LogP contribution is -2.56. The molecule has 4 aliphatic heterocycles. The average molecular weight is 884 g/mol. The van der Waals surface area contributed by atoms with Gasteiger partial charge in [0, 0.05) is 50.9 Å². The molecule has 4 aliphatic rings. The van der Waals surface area contributed by atoms with Gasteiger partial charge in [-0.25, -0.2) is 14.6 Å². The Bertz CT molecular complexity index is 2670. The van der Waals surface area contributed by atoms with Gasteiger partial charge in [0.15, 0.2) is 0 Å². The third-order valence-corrected chi connectivity index (χ3v) is 13.1. The number of aliphatic imine (C=N–C) groups is 1. The van der Waals surface area contributed by atoms with Crippen molar-refractivity contribution in [3.63, 3.8) is 0 Å². The maximum atomic E-state index is 14.2. The normalized spacial score (nSPS) is 19.9. The van der Waals surface area contributed by atoms with Gasteiger partial charge in [0.05, 0.1) is 56.1 Å². The highest BCUT2D eigenvalue weighted by molar-refractivity contribution is 6.07. The van der Waals surface area contributed by atoms with Gasteiger partial charge in [-0.3, -0.25) is 14.6 Å². The van der Waals surface area contributed by atoms with E-state index in [1.807, 2.05) is 43.3 Å². The maximum absolute atomic E-state index is 14.2. The Labute approximate surface area is 376 Å². The first-order valence-corrected chi connectivity index (χ1v) is 22.1. The fraction of sp³-hybridized carbons (Fsp3) is 0.388. The zero-order valence-corrected chi connectivity index (χ0v) is 37.1. The third-order valence-electron chi connectivity index (χ3n) is 13.1. The summed E-state index contributed by atoms with van der Waals surface area (Å²) < 4.78 is 27.7. The minimum Gasteiger partial charge on any atom is -0.488 e. The van der Waals surface area contributed by atoms with Crippen molar-refractivity contribution in [3.8, 4) is 28.1 Å². The topological polar surface area (TPSA) is 186 Å². The lowest BCUT2D eigenvalue weighted by Gasteiger charge is -2.31. The molecule has 65 heavy (non-hydrogen) atoms. The molecule has 9 rings (SSSR count). The van der Waals surface area contributed by atoms with E-state index >= 15 is 0 Å². The minimum absolute atomic E-state index is 0.185. The number of likely N-dealkylation sites (tertiary alicyclic amines) is 2. The van der Waals surface area contributed by atoms with Crippen LogP contribution in [0.2, 0.25) is 0 Å². The van der Waals surface area contributed by atoms with Crippen molar-refractivity contribution < 1.29 is 42.9 Å². The summed E-state index contributed by atoms with van der Waals surface area (Å²) >= 11 is 0. The van der Waals surface area contributed by atoms with Crippen LogP contribution in [-0.2, 0) is 41.6 Å². The molecule has 6 atom stereocenters. The first-order chi connectivity index (χ1) is 31.6. The number of carbonyl (C=O) groups excluding carboxylic acids is 4. The smallest absolute Gasteiger partial charge is 0.407 e. The van der Waals surface area contributed by atoms with Gasteiger partial charge in [0.25, 0.3) is 5.91 Å². The maximum Gasteiger partial charge on any atom is 0.407 e. The highest BCUT2D eigenvalue weighted by Gasteiger charge is 2.44. The number of ether oxygens (including phenoxy) is 5. The fourth-order valence-corrected chi connectivity index (χ4v) is 9.73. The molecule has 5 heterocycles. The molecule has 4 aromatic carbocycles. The van der Waals surface area contributed by atoms with Gasteiger partial charge in [0.1, 0.15) is 30.3 Å². The largest absolute Gasteiger partial charge is 0.488 e. The molecule has 0 bridgehead atoms. The summed E-state index contributed by atoms with van der Waals surface area (Å²) in [6, 6.07) is 21.4. The van der Waals surface area contributed by atoms with Crippen molar-refractivity contribution in [1.82, 2.24) is 30.4 Å². The Morgan fingerprint density at radius 2 is 1.71 bits per heavy atom. The predicted octanol–water partition coefficient (Wildman–Crippen LogP) is 6.94. The molecule has 0 unspecified atom stereocenters. The SMILES string of the molecule is CCO[C@H]1C[C@@H](C2=Nc3ccc4cc5c(cc4c3C2)OCc2cc(-c3cnc([C@@H]4CCCN4C(=O)[C@H](NC(=O)OC)c4ccccc4)[nH]3)ccc2-5)N(C(=O)[C@@H](NC(=O)OC)[C@@H](C)OC)C1. The van der Waals surface area contributed by atoms with Crippen LogP contribution in [-0.4, -0.2) is 115 Å². The summed E-state index contributed by atoms with van der Waals surface area (Å²) in [4.78, 5) is 69.7. The molecule has 3 N–H and O–H groups in total. The number of fused-ring (bicyclic) bond motifs is 6. The first-order valence-electron chi connectivity index (χ1n) is 22.1. The van der Waals surface area contributed by atoms with Crippen LogP contribution in [0.5, 0.6) is 5.75 Å². The van der Waals surface area contributed by atoms with E-state index < -0.39 is 30.4 Å². The first kappa shape index (κ1) is 43.5. The number of carbonyl (C=O) groups is 4. The van der Waals surface area contributed by atoms with Gasteiger partial charge in [-0.2, -0.15) is 0 Å². The Morgan fingerprint density at radius 1 is 0.908 bits per heavy atom. The summed E-state index contributed by atoms with van der Waals surface area (Å²) in [5.74, 6) is 0.957. The number of benzene rings is 4. The summed E-state index contributed by atoms with van der Waals surface area (Å²) in [6.45, 7) is 5.45. The minimum atomic E-state index is -0.960. The molecular formula is C49H53N7O9. The number of amides is 4. The molecule has 0 spiro atoms. The molecule has 16 heteroatoms. The van der Waals surface area contributed by atoms with Gasteiger partial charge in [0.2, 0.25) is 5.91 Å². The molecule has 1 aromatic heterocycles. The second kappa shape index (κ2) is 18.4. The summed E-state index contributed by atoms with van der Waals surface area (Å²) in [6.07, 6.45) is 2.28. The van der Waals surface area contributed by atoms with Crippen LogP contribution in [0.4, 0.5) is 15.3 Å². The number of nitrogens with one attached hydrogen (secondary N) is 3. The van der Waals surface area contributed by atoms with E-state index in [0.29, 0.717) is 50.5 Å². The molecule has 16 nitrogen and oxygen atoms in total. The van der Waals surface area contributed by atoms with Crippen molar-refractivity contribution >= 4 is 46.2 Å². The van der Waals surface area contributed by atoms with Crippen LogP contribution in [0.3, 0.4) is 0 Å². The molecule has 0 saturated carbocycles. The highest BCUT2D eigenvalue weighted by Crippen LogP contribution is 2.45. The number of nitrogens with zero attached hydrogens (tertiary/aromatic N) is 4. The van der Waals surface area contributed by atoms with Gasteiger partial charge < -0.3 is 49.1 Å². The van der Waals surface area contributed by atoms with Crippen LogP contribution in [0.15, 0.2) is 84.0 Å². The lowest BCUT2D eigenvalue weighted by molar-refractivity contribution is -0.137. The summed E-state index contributed by atoms with van der Waals surface area (Å²) in [5.41, 5.74) is 8.33. The molecule has 5 aromatic rings. The Balaban J connectivity index is 0.937. The number of alkyl carbamates (subject to hydrolysis) is 2. The van der Waals surface area contributed by atoms with E-state index in [4.69, 9.17) is 33.7 Å². The third kappa shape index (κ3) is 8.39. The lowest BCUT2D eigenvalue weighted by atomic mass is 9.90. The average Bonchev–Trinajstić information content (AvgIpc) is 4.18. The molecule has 2 saturated heterocycles.